The summed E-state index contributed by atoms with van der Waals surface area (Å²) in [6.07, 6.45) is 3.12. The number of fused-ring (bicyclic) bond motifs is 1. The highest BCUT2D eigenvalue weighted by Gasteiger charge is 2.35. The van der Waals surface area contributed by atoms with Crippen molar-refractivity contribution < 1.29 is 19.0 Å². The Morgan fingerprint density at radius 2 is 1.92 bits per heavy atom. The van der Waals surface area contributed by atoms with E-state index < -0.39 is 12.0 Å². The molecule has 2 aromatic carbocycles. The maximum Gasteiger partial charge on any atom is 0.338 e. The Bertz CT molecular complexity index is 1520. The molecular formula is C28H29ClN2O5S. The lowest BCUT2D eigenvalue weighted by Gasteiger charge is -2.26. The molecule has 0 bridgehead atoms. The number of para-hydroxylation sites is 1. The molecule has 194 valence electrons. The molecule has 0 unspecified atom stereocenters. The standard InChI is InChI=1S/C28H29ClN2O5S/c1-5-10-20-24(27(33)36-7-3)25(18-11-8-9-12-21(18)34-4)31-26(32)23(37-28(31)30-20)16-17-13-14-22(35-6-2)19(29)15-17/h8-9,11-16,25H,5-7,10H2,1-4H3/b23-16-/t25-/m0/s1. The minimum absolute atomic E-state index is 0.212. The molecule has 0 amide bonds. The van der Waals surface area contributed by atoms with E-state index in [4.69, 9.17) is 30.8 Å². The van der Waals surface area contributed by atoms with Crippen LogP contribution < -0.4 is 24.4 Å². The molecule has 0 saturated carbocycles. The van der Waals surface area contributed by atoms with Gasteiger partial charge in [-0.1, -0.05) is 60.5 Å². The number of allylic oxidation sites excluding steroid dienone is 1. The third-order valence-electron chi connectivity index (χ3n) is 5.88. The van der Waals surface area contributed by atoms with Crippen LogP contribution in [0.4, 0.5) is 0 Å². The molecule has 1 atom stereocenters. The summed E-state index contributed by atoms with van der Waals surface area (Å²) in [7, 11) is 1.57. The summed E-state index contributed by atoms with van der Waals surface area (Å²) >= 11 is 7.65. The zero-order chi connectivity index (χ0) is 26.5. The fraction of sp³-hybridized carbons (Fsp3) is 0.321. The van der Waals surface area contributed by atoms with Crippen LogP contribution in [0.1, 0.15) is 50.8 Å². The second-order valence-corrected chi connectivity index (χ2v) is 9.69. The largest absolute Gasteiger partial charge is 0.496 e. The molecule has 1 aromatic heterocycles. The molecule has 2 heterocycles. The average Bonchev–Trinajstić information content (AvgIpc) is 3.19. The summed E-state index contributed by atoms with van der Waals surface area (Å²) < 4.78 is 18.6. The van der Waals surface area contributed by atoms with Gasteiger partial charge in [-0.25, -0.2) is 9.79 Å². The van der Waals surface area contributed by atoms with E-state index in [9.17, 15) is 9.59 Å². The van der Waals surface area contributed by atoms with Crippen LogP contribution in [0.3, 0.4) is 0 Å². The zero-order valence-electron chi connectivity index (χ0n) is 21.2. The maximum atomic E-state index is 13.9. The van der Waals surface area contributed by atoms with Crippen LogP contribution in [0.2, 0.25) is 5.02 Å². The van der Waals surface area contributed by atoms with E-state index in [0.717, 1.165) is 12.0 Å². The Morgan fingerprint density at radius 1 is 1.14 bits per heavy atom. The van der Waals surface area contributed by atoms with E-state index in [1.807, 2.05) is 44.2 Å². The second kappa shape index (κ2) is 11.8. The molecule has 0 radical (unpaired) electrons. The highest BCUT2D eigenvalue weighted by atomic mass is 35.5. The first-order valence-corrected chi connectivity index (χ1v) is 13.4. The van der Waals surface area contributed by atoms with Gasteiger partial charge in [0.25, 0.3) is 5.56 Å². The molecule has 7 nitrogen and oxygen atoms in total. The maximum absolute atomic E-state index is 13.9. The van der Waals surface area contributed by atoms with Gasteiger partial charge in [-0.3, -0.25) is 9.36 Å². The highest BCUT2D eigenvalue weighted by molar-refractivity contribution is 7.07. The normalized spacial score (nSPS) is 15.3. The van der Waals surface area contributed by atoms with Crippen LogP contribution in [0.15, 0.2) is 63.5 Å². The van der Waals surface area contributed by atoms with Crippen molar-refractivity contribution in [2.75, 3.05) is 20.3 Å². The van der Waals surface area contributed by atoms with Crippen LogP contribution in [0.5, 0.6) is 11.5 Å². The van der Waals surface area contributed by atoms with E-state index >= 15 is 0 Å². The number of benzene rings is 2. The summed E-state index contributed by atoms with van der Waals surface area (Å²) in [5.74, 6) is 0.667. The molecule has 0 fully saturated rings. The number of thiazole rings is 1. The summed E-state index contributed by atoms with van der Waals surface area (Å²) in [4.78, 5) is 32.4. The van der Waals surface area contributed by atoms with Crippen LogP contribution in [-0.2, 0) is 9.53 Å². The molecule has 0 N–H and O–H groups in total. The molecule has 0 spiro atoms. The first kappa shape index (κ1) is 26.7. The van der Waals surface area contributed by atoms with Crippen molar-refractivity contribution in [1.82, 2.24) is 4.57 Å². The molecule has 3 aromatic rings. The minimum atomic E-state index is -0.737. The van der Waals surface area contributed by atoms with Gasteiger partial charge < -0.3 is 14.2 Å². The fourth-order valence-electron chi connectivity index (χ4n) is 4.34. The van der Waals surface area contributed by atoms with Gasteiger partial charge in [0.1, 0.15) is 17.5 Å². The lowest BCUT2D eigenvalue weighted by molar-refractivity contribution is -0.139. The van der Waals surface area contributed by atoms with Crippen molar-refractivity contribution in [3.05, 3.63) is 89.6 Å². The fourth-order valence-corrected chi connectivity index (χ4v) is 5.60. The van der Waals surface area contributed by atoms with Crippen LogP contribution in [0, 0.1) is 0 Å². The number of halogens is 1. The number of methoxy groups -OCH3 is 1. The second-order valence-electron chi connectivity index (χ2n) is 8.28. The van der Waals surface area contributed by atoms with Gasteiger partial charge in [-0.05, 0) is 50.1 Å². The van der Waals surface area contributed by atoms with Crippen molar-refractivity contribution in [3.8, 4) is 11.5 Å². The number of hydrogen-bond donors (Lipinski definition) is 0. The van der Waals surface area contributed by atoms with Crippen LogP contribution >= 0.6 is 22.9 Å². The smallest absolute Gasteiger partial charge is 0.338 e. The first-order chi connectivity index (χ1) is 17.9. The third kappa shape index (κ3) is 5.36. The van der Waals surface area contributed by atoms with E-state index in [0.29, 0.717) is 55.7 Å². The average molecular weight is 541 g/mol. The zero-order valence-corrected chi connectivity index (χ0v) is 22.8. The van der Waals surface area contributed by atoms with Crippen molar-refractivity contribution in [1.29, 1.82) is 0 Å². The highest BCUT2D eigenvalue weighted by Crippen LogP contribution is 2.36. The summed E-state index contributed by atoms with van der Waals surface area (Å²) in [6.45, 7) is 6.38. The Kier molecular flexibility index (Phi) is 8.51. The van der Waals surface area contributed by atoms with Crippen molar-refractivity contribution >= 4 is 35.0 Å². The van der Waals surface area contributed by atoms with Crippen molar-refractivity contribution in [2.24, 2.45) is 4.99 Å². The van der Waals surface area contributed by atoms with E-state index in [2.05, 4.69) is 0 Å². The number of carbonyl (C=O) groups excluding carboxylic acids is 1. The van der Waals surface area contributed by atoms with Crippen molar-refractivity contribution in [2.45, 2.75) is 39.7 Å². The number of esters is 1. The monoisotopic (exact) mass is 540 g/mol. The summed E-state index contributed by atoms with van der Waals surface area (Å²) in [5.41, 5.74) is 2.16. The Labute approximate surface area is 224 Å². The SMILES string of the molecule is CCCC1=C(C(=O)OCC)[C@H](c2ccccc2OC)n2c(s/c(=C\c3ccc(OCC)c(Cl)c3)c2=O)=N1. The number of nitrogens with zero attached hydrogens (tertiary/aromatic N) is 2. The lowest BCUT2D eigenvalue weighted by Crippen LogP contribution is -2.40. The first-order valence-electron chi connectivity index (χ1n) is 12.2. The third-order valence-corrected chi connectivity index (χ3v) is 7.16. The number of rotatable bonds is 9. The molecular weight excluding hydrogens is 512 g/mol. The van der Waals surface area contributed by atoms with Crippen LogP contribution in [-0.4, -0.2) is 30.9 Å². The molecule has 9 heteroatoms. The molecule has 1 aliphatic rings. The number of carbonyl (C=O) groups is 1. The lowest BCUT2D eigenvalue weighted by atomic mass is 9.93. The van der Waals surface area contributed by atoms with Gasteiger partial charge in [0.2, 0.25) is 0 Å². The van der Waals surface area contributed by atoms with Gasteiger partial charge in [0.05, 0.1) is 41.1 Å². The number of ether oxygens (including phenoxy) is 3. The van der Waals surface area contributed by atoms with Gasteiger partial charge >= 0.3 is 5.97 Å². The molecule has 0 saturated heterocycles. The molecule has 1 aliphatic heterocycles. The quantitative estimate of drug-likeness (QED) is 0.369. The van der Waals surface area contributed by atoms with E-state index in [1.54, 1.807) is 36.8 Å². The summed E-state index contributed by atoms with van der Waals surface area (Å²) in [5, 5.41) is 0.463. The van der Waals surface area contributed by atoms with E-state index in [-0.39, 0.29) is 12.2 Å². The topological polar surface area (TPSA) is 79.1 Å². The minimum Gasteiger partial charge on any atom is -0.496 e. The number of aromatic nitrogens is 1. The van der Waals surface area contributed by atoms with Gasteiger partial charge in [0, 0.05) is 5.56 Å². The molecule has 4 rings (SSSR count). The number of hydrogen-bond acceptors (Lipinski definition) is 7. The Balaban J connectivity index is 1.97. The predicted molar refractivity (Wildman–Crippen MR) is 145 cm³/mol. The van der Waals surface area contributed by atoms with E-state index in [1.165, 1.54) is 11.3 Å². The van der Waals surface area contributed by atoms with Crippen LogP contribution in [0.25, 0.3) is 6.08 Å². The van der Waals surface area contributed by atoms with Crippen molar-refractivity contribution in [3.63, 3.8) is 0 Å². The van der Waals surface area contributed by atoms with Gasteiger partial charge in [-0.2, -0.15) is 0 Å². The van der Waals surface area contributed by atoms with Gasteiger partial charge in [-0.15, -0.1) is 0 Å². The predicted octanol–water partition coefficient (Wildman–Crippen LogP) is 4.64. The van der Waals surface area contributed by atoms with Gasteiger partial charge in [0.15, 0.2) is 4.80 Å². The Hall–Kier alpha value is -3.36. The Morgan fingerprint density at radius 3 is 2.59 bits per heavy atom. The molecule has 37 heavy (non-hydrogen) atoms. The molecule has 0 aliphatic carbocycles. The summed E-state index contributed by atoms with van der Waals surface area (Å²) in [6, 6.07) is 12.0.